The molecule has 1 aliphatic rings. The van der Waals surface area contributed by atoms with Gasteiger partial charge in [-0.3, -0.25) is 15.0 Å². The molecule has 0 radical (unpaired) electrons. The zero-order chi connectivity index (χ0) is 37.3. The van der Waals surface area contributed by atoms with E-state index < -0.39 is 40.7 Å². The van der Waals surface area contributed by atoms with Gasteiger partial charge in [-0.15, -0.1) is 0 Å². The Labute approximate surface area is 292 Å². The number of benzene rings is 4. The molecule has 1 heterocycles. The highest BCUT2D eigenvalue weighted by molar-refractivity contribution is 7.89. The number of nitrogen functional groups attached to an aromatic ring is 1. The number of carbonyl (C=O) groups excluding carboxylic acids is 2. The van der Waals surface area contributed by atoms with Crippen LogP contribution in [-0.2, 0) is 37.4 Å². The van der Waals surface area contributed by atoms with Crippen LogP contribution in [-0.4, -0.2) is 85.3 Å². The molecule has 0 bridgehead atoms. The second kappa shape index (κ2) is 16.5. The number of fused-ring (bicyclic) bond motifs is 1. The molecule has 4 aromatic carbocycles. The number of amides is 2. The van der Waals surface area contributed by atoms with Crippen LogP contribution >= 0.6 is 0 Å². The quantitative estimate of drug-likeness (QED) is 0.125. The van der Waals surface area contributed by atoms with Crippen LogP contribution in [0.25, 0.3) is 10.8 Å². The number of nitrogens with one attached hydrogen (secondary N) is 2. The number of carbonyl (C=O) groups is 3. The molecule has 2 amide bonds. The van der Waals surface area contributed by atoms with Crippen molar-refractivity contribution in [1.29, 1.82) is 5.41 Å². The monoisotopic (exact) mass is 727 g/mol. The van der Waals surface area contributed by atoms with E-state index in [0.29, 0.717) is 36.2 Å². The van der Waals surface area contributed by atoms with Crippen LogP contribution in [0.15, 0.2) is 95.9 Å². The van der Waals surface area contributed by atoms with Gasteiger partial charge in [-0.1, -0.05) is 60.7 Å². The summed E-state index contributed by atoms with van der Waals surface area (Å²) in [5.41, 5.74) is 7.98. The van der Waals surface area contributed by atoms with Crippen molar-refractivity contribution in [1.82, 2.24) is 14.5 Å². The van der Waals surface area contributed by atoms with Crippen LogP contribution in [0.4, 0.5) is 13.2 Å². The number of methoxy groups -OCH3 is 1. The van der Waals surface area contributed by atoms with Crippen LogP contribution in [0, 0.1) is 5.41 Å². The topological polar surface area (TPSA) is 183 Å². The third kappa shape index (κ3) is 10.0. The molecule has 0 spiro atoms. The first-order valence-electron chi connectivity index (χ1n) is 15.5. The van der Waals surface area contributed by atoms with Crippen LogP contribution in [0.1, 0.15) is 23.1 Å². The van der Waals surface area contributed by atoms with E-state index in [4.69, 9.17) is 25.8 Å². The lowest BCUT2D eigenvalue weighted by atomic mass is 10.1. The predicted molar refractivity (Wildman–Crippen MR) is 183 cm³/mol. The van der Waals surface area contributed by atoms with Crippen molar-refractivity contribution in [3.05, 3.63) is 108 Å². The summed E-state index contributed by atoms with van der Waals surface area (Å²) in [4.78, 5) is 37.3. The predicted octanol–water partition coefficient (Wildman–Crippen LogP) is 3.92. The number of amidine groups is 1. The van der Waals surface area contributed by atoms with Crippen molar-refractivity contribution in [3.63, 3.8) is 0 Å². The second-order valence-electron chi connectivity index (χ2n) is 11.5. The SMILES string of the molecule is COc1ccc2ccc(S(=O)(=O)N(CC(=O)NCCc3ccccc3)[C@H]3CCN(Cc4cccc(C(=N)N)c4)C3=O)cc2c1.O=C(O)C(F)(F)F. The molecule has 4 aromatic rings. The Balaban J connectivity index is 0.000000755. The summed E-state index contributed by atoms with van der Waals surface area (Å²) in [7, 11) is -2.74. The Morgan fingerprint density at radius 3 is 2.31 bits per heavy atom. The number of likely N-dealkylation sites (tertiary alicyclic amines) is 1. The third-order valence-electron chi connectivity index (χ3n) is 7.97. The van der Waals surface area contributed by atoms with E-state index >= 15 is 0 Å². The van der Waals surface area contributed by atoms with E-state index in [1.54, 1.807) is 41.3 Å². The van der Waals surface area contributed by atoms with Crippen molar-refractivity contribution < 1.29 is 45.8 Å². The second-order valence-corrected chi connectivity index (χ2v) is 13.4. The molecule has 0 saturated carbocycles. The first-order chi connectivity index (χ1) is 24.1. The molecule has 51 heavy (non-hydrogen) atoms. The van der Waals surface area contributed by atoms with Crippen molar-refractivity contribution in [3.8, 4) is 5.75 Å². The minimum Gasteiger partial charge on any atom is -0.497 e. The smallest absolute Gasteiger partial charge is 0.490 e. The van der Waals surface area contributed by atoms with Gasteiger partial charge in [0.2, 0.25) is 21.8 Å². The van der Waals surface area contributed by atoms with Crippen molar-refractivity contribution in [2.45, 2.75) is 36.5 Å². The lowest BCUT2D eigenvalue weighted by molar-refractivity contribution is -0.192. The van der Waals surface area contributed by atoms with Gasteiger partial charge in [0.05, 0.1) is 18.6 Å². The Hall–Kier alpha value is -5.48. The first kappa shape index (κ1) is 38.3. The number of halogens is 3. The van der Waals surface area contributed by atoms with Gasteiger partial charge in [0.1, 0.15) is 17.6 Å². The molecule has 12 nitrogen and oxygen atoms in total. The summed E-state index contributed by atoms with van der Waals surface area (Å²) in [5, 5.41) is 19.1. The highest BCUT2D eigenvalue weighted by Crippen LogP contribution is 2.29. The van der Waals surface area contributed by atoms with E-state index in [1.165, 1.54) is 19.2 Å². The van der Waals surface area contributed by atoms with Crippen LogP contribution in [0.2, 0.25) is 0 Å². The van der Waals surface area contributed by atoms with E-state index in [0.717, 1.165) is 20.8 Å². The number of nitrogens with two attached hydrogens (primary N) is 1. The molecule has 1 fully saturated rings. The lowest BCUT2D eigenvalue weighted by Crippen LogP contribution is -2.49. The Morgan fingerprint density at radius 2 is 1.67 bits per heavy atom. The molecular formula is C35H36F3N5O7S. The van der Waals surface area contributed by atoms with Gasteiger partial charge >= 0.3 is 12.1 Å². The lowest BCUT2D eigenvalue weighted by Gasteiger charge is -2.27. The summed E-state index contributed by atoms with van der Waals surface area (Å²) in [5.74, 6) is -3.14. The van der Waals surface area contributed by atoms with Gasteiger partial charge in [0.15, 0.2) is 0 Å². The number of nitrogens with zero attached hydrogens (tertiary/aromatic N) is 2. The molecule has 16 heteroatoms. The van der Waals surface area contributed by atoms with Crippen LogP contribution in [0.5, 0.6) is 5.75 Å². The number of rotatable bonds is 12. The number of hydrogen-bond acceptors (Lipinski definition) is 7. The molecule has 0 unspecified atom stereocenters. The van der Waals surface area contributed by atoms with Gasteiger partial charge in [-0.05, 0) is 65.1 Å². The molecule has 5 N–H and O–H groups in total. The van der Waals surface area contributed by atoms with Gasteiger partial charge in [0.25, 0.3) is 0 Å². The summed E-state index contributed by atoms with van der Waals surface area (Å²) in [6.45, 7) is 0.356. The van der Waals surface area contributed by atoms with Crippen LogP contribution in [0.3, 0.4) is 0 Å². The maximum atomic E-state index is 14.2. The first-order valence-corrected chi connectivity index (χ1v) is 17.0. The highest BCUT2D eigenvalue weighted by Gasteiger charge is 2.43. The van der Waals surface area contributed by atoms with Gasteiger partial charge in [-0.25, -0.2) is 13.2 Å². The molecule has 1 atom stereocenters. The molecule has 1 aliphatic heterocycles. The molecular weight excluding hydrogens is 691 g/mol. The minimum atomic E-state index is -5.08. The van der Waals surface area contributed by atoms with Crippen LogP contribution < -0.4 is 15.8 Å². The normalized spacial score (nSPS) is 14.6. The van der Waals surface area contributed by atoms with Gasteiger partial charge in [0, 0.05) is 25.2 Å². The molecule has 5 rings (SSSR count). The van der Waals surface area contributed by atoms with Crippen molar-refractivity contribution in [2.75, 3.05) is 26.7 Å². The number of alkyl halides is 3. The Kier molecular flexibility index (Phi) is 12.4. The maximum absolute atomic E-state index is 14.2. The Bertz CT molecular complexity index is 2010. The molecule has 0 aliphatic carbocycles. The highest BCUT2D eigenvalue weighted by atomic mass is 32.2. The number of hydrogen-bond donors (Lipinski definition) is 4. The number of carboxylic acid groups (broad SMARTS) is 1. The van der Waals surface area contributed by atoms with E-state index in [9.17, 15) is 31.2 Å². The minimum absolute atomic E-state index is 0.0178. The number of aliphatic carboxylic acids is 1. The summed E-state index contributed by atoms with van der Waals surface area (Å²) >= 11 is 0. The van der Waals surface area contributed by atoms with Gasteiger partial charge in [-0.2, -0.15) is 17.5 Å². The molecule has 270 valence electrons. The Morgan fingerprint density at radius 1 is 1.00 bits per heavy atom. The van der Waals surface area contributed by atoms with Gasteiger partial charge < -0.3 is 25.8 Å². The fraction of sp³-hybridized carbons (Fsp3) is 0.257. The zero-order valence-electron chi connectivity index (χ0n) is 27.4. The summed E-state index contributed by atoms with van der Waals surface area (Å²) < 4.78 is 66.4. The summed E-state index contributed by atoms with van der Waals surface area (Å²) in [6.07, 6.45) is -4.27. The fourth-order valence-corrected chi connectivity index (χ4v) is 6.99. The number of carboxylic acids is 1. The maximum Gasteiger partial charge on any atom is 0.490 e. The van der Waals surface area contributed by atoms with Crippen molar-refractivity contribution in [2.24, 2.45) is 5.73 Å². The van der Waals surface area contributed by atoms with E-state index in [-0.39, 0.29) is 29.6 Å². The molecule has 1 saturated heterocycles. The molecule has 0 aromatic heterocycles. The zero-order valence-corrected chi connectivity index (χ0v) is 28.2. The average Bonchev–Trinajstić information content (AvgIpc) is 3.45. The summed E-state index contributed by atoms with van der Waals surface area (Å²) in [6, 6.07) is 25.7. The number of ether oxygens (including phenoxy) is 1. The standard InChI is InChI=1S/C33H35N5O5S.C2HF3O2/c1-43-28-12-10-25-11-13-29(20-27(25)19-28)44(41,42)38(22-31(39)36-16-14-23-6-3-2-4-7-23)30-15-17-37(33(30)40)21-24-8-5-9-26(18-24)32(34)35;3-2(4,5)1(6)7/h2-13,18-20,30H,14-17,21-22H2,1H3,(H3,34,35)(H,36,39);(H,6,7)/t30-;/m0./s1. The third-order valence-corrected chi connectivity index (χ3v) is 9.83. The van der Waals surface area contributed by atoms with Crippen molar-refractivity contribution >= 4 is 44.4 Å². The van der Waals surface area contributed by atoms with E-state index in [2.05, 4.69) is 5.32 Å². The number of sulfonamides is 1. The average molecular weight is 728 g/mol. The fourth-order valence-electron chi connectivity index (χ4n) is 5.38. The van der Waals surface area contributed by atoms with E-state index in [1.807, 2.05) is 42.5 Å². The largest absolute Gasteiger partial charge is 0.497 e.